The SMILES string of the molecule is CCC[C@@]1(C)CN(c2ccccc2)c2cc(SC)c(O/C=C/C(=O)O)cc2S(=O)(=O)C1. The molecule has 0 spiro atoms. The molecular weight excluding hydrogens is 434 g/mol. The maximum absolute atomic E-state index is 13.5. The monoisotopic (exact) mass is 461 g/mol. The van der Waals surface area contributed by atoms with Crippen molar-refractivity contribution in [1.29, 1.82) is 0 Å². The molecule has 1 atom stereocenters. The average molecular weight is 462 g/mol. The molecule has 2 aromatic rings. The second-order valence-corrected chi connectivity index (χ2v) is 10.8. The van der Waals surface area contributed by atoms with Crippen LogP contribution >= 0.6 is 11.8 Å². The van der Waals surface area contributed by atoms with Crippen LogP contribution in [0.1, 0.15) is 26.7 Å². The third-order valence-electron chi connectivity index (χ3n) is 5.28. The van der Waals surface area contributed by atoms with Crippen molar-refractivity contribution in [3.05, 3.63) is 54.8 Å². The molecule has 31 heavy (non-hydrogen) atoms. The summed E-state index contributed by atoms with van der Waals surface area (Å²) in [5.41, 5.74) is 1.12. The van der Waals surface area contributed by atoms with E-state index in [4.69, 9.17) is 9.84 Å². The molecule has 3 rings (SSSR count). The van der Waals surface area contributed by atoms with Gasteiger partial charge in [-0.25, -0.2) is 13.2 Å². The molecule has 0 amide bonds. The van der Waals surface area contributed by atoms with Gasteiger partial charge in [0.2, 0.25) is 0 Å². The van der Waals surface area contributed by atoms with Gasteiger partial charge in [-0.05, 0) is 36.3 Å². The first-order chi connectivity index (χ1) is 14.7. The zero-order chi connectivity index (χ0) is 22.6. The number of nitrogens with zero attached hydrogens (tertiary/aromatic N) is 1. The molecule has 0 aliphatic carbocycles. The maximum Gasteiger partial charge on any atom is 0.331 e. The number of rotatable bonds is 7. The standard InChI is InChI=1S/C23H27NO5S2/c1-4-11-23(2)15-24(17-8-6-5-7-9-17)18-13-20(30-3)19(29-12-10-22(25)26)14-21(18)31(27,28)16-23/h5-10,12-14H,4,11,15-16H2,1-3H3,(H,25,26)/b12-10+/t23-/m0/s1. The zero-order valence-corrected chi connectivity index (χ0v) is 19.5. The van der Waals surface area contributed by atoms with Crippen molar-refractivity contribution in [2.45, 2.75) is 36.5 Å². The van der Waals surface area contributed by atoms with Crippen LogP contribution in [0, 0.1) is 5.41 Å². The van der Waals surface area contributed by atoms with E-state index in [1.54, 1.807) is 0 Å². The molecule has 1 heterocycles. The number of anilines is 2. The van der Waals surface area contributed by atoms with Gasteiger partial charge in [-0.15, -0.1) is 11.8 Å². The minimum atomic E-state index is -3.61. The fourth-order valence-corrected chi connectivity index (χ4v) is 6.67. The third kappa shape index (κ3) is 5.25. The van der Waals surface area contributed by atoms with E-state index in [0.29, 0.717) is 18.0 Å². The van der Waals surface area contributed by atoms with E-state index < -0.39 is 21.2 Å². The van der Waals surface area contributed by atoms with Crippen LogP contribution in [-0.2, 0) is 14.6 Å². The topological polar surface area (TPSA) is 83.9 Å². The van der Waals surface area contributed by atoms with E-state index in [2.05, 4.69) is 11.8 Å². The molecule has 1 N–H and O–H groups in total. The summed E-state index contributed by atoms with van der Waals surface area (Å²) in [6.07, 6.45) is 5.47. The highest BCUT2D eigenvalue weighted by Gasteiger charge is 2.39. The van der Waals surface area contributed by atoms with Crippen molar-refractivity contribution < 1.29 is 23.1 Å². The van der Waals surface area contributed by atoms with Crippen molar-refractivity contribution in [2.75, 3.05) is 23.5 Å². The van der Waals surface area contributed by atoms with Gasteiger partial charge in [0.1, 0.15) is 5.75 Å². The first-order valence-corrected chi connectivity index (χ1v) is 12.9. The minimum absolute atomic E-state index is 0.0349. The Balaban J connectivity index is 2.22. The lowest BCUT2D eigenvalue weighted by Crippen LogP contribution is -2.35. The highest BCUT2D eigenvalue weighted by Crippen LogP contribution is 2.45. The second kappa shape index (κ2) is 9.36. The number of carboxylic acids is 1. The predicted octanol–water partition coefficient (Wildman–Crippen LogP) is 5.12. The Morgan fingerprint density at radius 2 is 2.00 bits per heavy atom. The summed E-state index contributed by atoms with van der Waals surface area (Å²) in [7, 11) is -3.61. The van der Waals surface area contributed by atoms with Crippen LogP contribution in [0.2, 0.25) is 0 Å². The highest BCUT2D eigenvalue weighted by molar-refractivity contribution is 7.98. The van der Waals surface area contributed by atoms with Gasteiger partial charge in [-0.3, -0.25) is 0 Å². The molecule has 0 bridgehead atoms. The summed E-state index contributed by atoms with van der Waals surface area (Å²) in [5.74, 6) is -0.786. The quantitative estimate of drug-likeness (QED) is 0.348. The average Bonchev–Trinajstić information content (AvgIpc) is 2.80. The van der Waals surface area contributed by atoms with Crippen LogP contribution in [0.25, 0.3) is 0 Å². The van der Waals surface area contributed by atoms with E-state index in [1.807, 2.05) is 49.6 Å². The number of ether oxygens (including phenoxy) is 1. The van der Waals surface area contributed by atoms with Gasteiger partial charge in [0.15, 0.2) is 9.84 Å². The Hall–Kier alpha value is -2.45. The lowest BCUT2D eigenvalue weighted by atomic mass is 9.87. The molecule has 1 aliphatic rings. The Labute approximate surface area is 187 Å². The van der Waals surface area contributed by atoms with Gasteiger partial charge in [0.05, 0.1) is 33.6 Å². The number of benzene rings is 2. The lowest BCUT2D eigenvalue weighted by molar-refractivity contribution is -0.131. The number of hydrogen-bond acceptors (Lipinski definition) is 6. The summed E-state index contributed by atoms with van der Waals surface area (Å²) in [5, 5.41) is 8.82. The molecule has 2 aromatic carbocycles. The largest absolute Gasteiger partial charge is 0.478 e. The summed E-state index contributed by atoms with van der Waals surface area (Å²) in [6.45, 7) is 4.66. The number of fused-ring (bicyclic) bond motifs is 1. The molecule has 0 radical (unpaired) electrons. The van der Waals surface area contributed by atoms with Crippen LogP contribution in [0.5, 0.6) is 5.75 Å². The number of thioether (sulfide) groups is 1. The number of sulfone groups is 1. The van der Waals surface area contributed by atoms with Gasteiger partial charge in [-0.2, -0.15) is 0 Å². The smallest absolute Gasteiger partial charge is 0.331 e. The van der Waals surface area contributed by atoms with Crippen LogP contribution in [0.15, 0.2) is 64.6 Å². The van der Waals surface area contributed by atoms with Crippen molar-refractivity contribution in [3.63, 3.8) is 0 Å². The van der Waals surface area contributed by atoms with E-state index in [0.717, 1.165) is 35.8 Å². The third-order valence-corrected chi connectivity index (χ3v) is 8.11. The molecular formula is C23H27NO5S2. The summed E-state index contributed by atoms with van der Waals surface area (Å²) in [4.78, 5) is 13.8. The van der Waals surface area contributed by atoms with E-state index in [-0.39, 0.29) is 10.6 Å². The Morgan fingerprint density at radius 1 is 1.29 bits per heavy atom. The summed E-state index contributed by atoms with van der Waals surface area (Å²) >= 11 is 1.41. The Morgan fingerprint density at radius 3 is 2.61 bits per heavy atom. The van der Waals surface area contributed by atoms with E-state index >= 15 is 0 Å². The van der Waals surface area contributed by atoms with Gasteiger partial charge < -0.3 is 14.7 Å². The second-order valence-electron chi connectivity index (χ2n) is 7.97. The Kier molecular flexibility index (Phi) is 7.01. The fourth-order valence-electron chi connectivity index (χ4n) is 4.05. The normalized spacial score (nSPS) is 20.3. The lowest BCUT2D eigenvalue weighted by Gasteiger charge is -2.34. The minimum Gasteiger partial charge on any atom is -0.478 e. The Bertz CT molecular complexity index is 1080. The molecule has 0 saturated heterocycles. The predicted molar refractivity (Wildman–Crippen MR) is 124 cm³/mol. The van der Waals surface area contributed by atoms with E-state index in [9.17, 15) is 13.2 Å². The molecule has 0 aromatic heterocycles. The van der Waals surface area contributed by atoms with Crippen LogP contribution < -0.4 is 9.64 Å². The number of hydrogen-bond donors (Lipinski definition) is 1. The number of para-hydroxylation sites is 1. The van der Waals surface area contributed by atoms with Gasteiger partial charge in [0.25, 0.3) is 0 Å². The maximum atomic E-state index is 13.5. The van der Waals surface area contributed by atoms with Crippen molar-refractivity contribution in [1.82, 2.24) is 0 Å². The van der Waals surface area contributed by atoms with Crippen LogP contribution in [0.3, 0.4) is 0 Å². The van der Waals surface area contributed by atoms with Gasteiger partial charge >= 0.3 is 5.97 Å². The molecule has 0 unspecified atom stereocenters. The molecule has 0 fully saturated rings. The van der Waals surface area contributed by atoms with Gasteiger partial charge in [0, 0.05) is 18.3 Å². The summed E-state index contributed by atoms with van der Waals surface area (Å²) in [6, 6.07) is 13.1. The summed E-state index contributed by atoms with van der Waals surface area (Å²) < 4.78 is 32.5. The zero-order valence-electron chi connectivity index (χ0n) is 17.9. The fraction of sp³-hybridized carbons (Fsp3) is 0.348. The van der Waals surface area contributed by atoms with Crippen LogP contribution in [-0.4, -0.2) is 38.0 Å². The van der Waals surface area contributed by atoms with E-state index in [1.165, 1.54) is 17.8 Å². The molecule has 8 heteroatoms. The number of aliphatic carboxylic acids is 1. The first kappa shape index (κ1) is 23.2. The first-order valence-electron chi connectivity index (χ1n) is 10.0. The molecule has 6 nitrogen and oxygen atoms in total. The molecule has 0 saturated carbocycles. The van der Waals surface area contributed by atoms with Crippen molar-refractivity contribution >= 4 is 38.9 Å². The molecule has 166 valence electrons. The van der Waals surface area contributed by atoms with Gasteiger partial charge in [-0.1, -0.05) is 38.5 Å². The van der Waals surface area contributed by atoms with Crippen molar-refractivity contribution in [3.8, 4) is 5.75 Å². The van der Waals surface area contributed by atoms with Crippen molar-refractivity contribution in [2.24, 2.45) is 5.41 Å². The number of carboxylic acid groups (broad SMARTS) is 1. The highest BCUT2D eigenvalue weighted by atomic mass is 32.2. The molecule has 1 aliphatic heterocycles. The van der Waals surface area contributed by atoms with Crippen LogP contribution in [0.4, 0.5) is 11.4 Å². The number of carbonyl (C=O) groups is 1.